The lowest BCUT2D eigenvalue weighted by atomic mass is 9.97. The zero-order chi connectivity index (χ0) is 10.5. The summed E-state index contributed by atoms with van der Waals surface area (Å²) in [7, 11) is 2.09. The van der Waals surface area contributed by atoms with Gasteiger partial charge in [0.05, 0.1) is 0 Å². The molecule has 1 atom stereocenters. The molecular weight excluding hydrogens is 224 g/mol. The van der Waals surface area contributed by atoms with Gasteiger partial charge >= 0.3 is 0 Å². The third kappa shape index (κ3) is 4.21. The van der Waals surface area contributed by atoms with E-state index >= 15 is 0 Å². The number of piperidine rings is 1. The number of ether oxygens (including phenoxy) is 1. The van der Waals surface area contributed by atoms with Gasteiger partial charge in [-0.2, -0.15) is 0 Å². The zero-order valence-electron chi connectivity index (χ0n) is 10.3. The molecule has 2 heterocycles. The smallest absolute Gasteiger partial charge is 0.0469 e. The second-order valence-corrected chi connectivity index (χ2v) is 4.94. The first-order valence-corrected chi connectivity index (χ1v) is 6.36. The van der Waals surface area contributed by atoms with Gasteiger partial charge < -0.3 is 15.0 Å². The maximum Gasteiger partial charge on any atom is 0.0469 e. The average Bonchev–Trinajstić information content (AvgIpc) is 2.31. The maximum absolute atomic E-state index is 5.40. The van der Waals surface area contributed by atoms with Crippen LogP contribution in [0.15, 0.2) is 0 Å². The number of nitrogens with one attached hydrogen (secondary N) is 1. The Morgan fingerprint density at radius 1 is 1.25 bits per heavy atom. The van der Waals surface area contributed by atoms with E-state index in [0.717, 1.165) is 25.2 Å². The van der Waals surface area contributed by atoms with Crippen LogP contribution in [-0.2, 0) is 4.74 Å². The van der Waals surface area contributed by atoms with Crippen molar-refractivity contribution in [2.75, 3.05) is 39.9 Å². The molecule has 0 aromatic heterocycles. The Bertz CT molecular complexity index is 186. The van der Waals surface area contributed by atoms with E-state index in [0.29, 0.717) is 0 Å². The van der Waals surface area contributed by atoms with Gasteiger partial charge in [-0.05, 0) is 45.2 Å². The zero-order valence-corrected chi connectivity index (χ0v) is 11.1. The van der Waals surface area contributed by atoms with Gasteiger partial charge in [-0.25, -0.2) is 0 Å². The molecule has 0 aromatic carbocycles. The quantitative estimate of drug-likeness (QED) is 0.820. The standard InChI is InChI=1S/C12H24N2O.ClH/c1-13-12-3-2-6-14(10-12)9-11-4-7-15-8-5-11;/h11-13H,2-10H2,1H3;1H. The summed E-state index contributed by atoms with van der Waals surface area (Å²) in [5, 5.41) is 3.40. The largest absolute Gasteiger partial charge is 0.381 e. The lowest BCUT2D eigenvalue weighted by Gasteiger charge is -2.35. The highest BCUT2D eigenvalue weighted by Gasteiger charge is 2.22. The second kappa shape index (κ2) is 7.49. The Kier molecular flexibility index (Phi) is 6.66. The monoisotopic (exact) mass is 248 g/mol. The molecule has 16 heavy (non-hydrogen) atoms. The fraction of sp³-hybridized carbons (Fsp3) is 1.00. The van der Waals surface area contributed by atoms with Crippen molar-refractivity contribution in [3.63, 3.8) is 0 Å². The third-order valence-corrected chi connectivity index (χ3v) is 3.77. The molecule has 2 saturated heterocycles. The molecule has 0 radical (unpaired) electrons. The summed E-state index contributed by atoms with van der Waals surface area (Å²) in [5.41, 5.74) is 0. The van der Waals surface area contributed by atoms with Crippen LogP contribution in [0.3, 0.4) is 0 Å². The predicted molar refractivity (Wildman–Crippen MR) is 69.3 cm³/mol. The molecule has 96 valence electrons. The lowest BCUT2D eigenvalue weighted by molar-refractivity contribution is 0.0475. The Labute approximate surface area is 105 Å². The highest BCUT2D eigenvalue weighted by molar-refractivity contribution is 5.85. The number of likely N-dealkylation sites (tertiary alicyclic amines) is 1. The molecule has 0 spiro atoms. The van der Waals surface area contributed by atoms with Crippen LogP contribution in [0.4, 0.5) is 0 Å². The normalized spacial score (nSPS) is 28.7. The van der Waals surface area contributed by atoms with E-state index in [1.54, 1.807) is 0 Å². The molecule has 2 aliphatic rings. The highest BCUT2D eigenvalue weighted by atomic mass is 35.5. The third-order valence-electron chi connectivity index (χ3n) is 3.77. The highest BCUT2D eigenvalue weighted by Crippen LogP contribution is 2.18. The molecule has 2 fully saturated rings. The molecule has 4 heteroatoms. The molecule has 0 saturated carbocycles. The maximum atomic E-state index is 5.40. The summed E-state index contributed by atoms with van der Waals surface area (Å²) in [4.78, 5) is 2.64. The number of halogens is 1. The Hall–Kier alpha value is 0.170. The van der Waals surface area contributed by atoms with Crippen LogP contribution in [0.2, 0.25) is 0 Å². The minimum atomic E-state index is 0. The Morgan fingerprint density at radius 3 is 2.69 bits per heavy atom. The number of nitrogens with zero attached hydrogens (tertiary/aromatic N) is 1. The molecule has 1 unspecified atom stereocenters. The van der Waals surface area contributed by atoms with Crippen molar-refractivity contribution in [2.24, 2.45) is 5.92 Å². The van der Waals surface area contributed by atoms with E-state index in [9.17, 15) is 0 Å². The molecule has 0 aliphatic carbocycles. The number of hydrogen-bond acceptors (Lipinski definition) is 3. The molecule has 1 N–H and O–H groups in total. The summed E-state index contributed by atoms with van der Waals surface area (Å²) in [5.74, 6) is 0.884. The van der Waals surface area contributed by atoms with Gasteiger partial charge in [0, 0.05) is 32.3 Å². The molecule has 2 rings (SSSR count). The van der Waals surface area contributed by atoms with Gasteiger partial charge in [-0.15, -0.1) is 12.4 Å². The van der Waals surface area contributed by atoms with E-state index < -0.39 is 0 Å². The van der Waals surface area contributed by atoms with Crippen molar-refractivity contribution in [1.82, 2.24) is 10.2 Å². The summed E-state index contributed by atoms with van der Waals surface area (Å²) >= 11 is 0. The first-order valence-electron chi connectivity index (χ1n) is 6.36. The fourth-order valence-electron chi connectivity index (χ4n) is 2.75. The van der Waals surface area contributed by atoms with Crippen LogP contribution in [-0.4, -0.2) is 50.8 Å². The van der Waals surface area contributed by atoms with E-state index in [1.165, 1.54) is 45.3 Å². The van der Waals surface area contributed by atoms with Crippen LogP contribution >= 0.6 is 12.4 Å². The van der Waals surface area contributed by atoms with Crippen molar-refractivity contribution < 1.29 is 4.74 Å². The van der Waals surface area contributed by atoms with Crippen LogP contribution in [0, 0.1) is 5.92 Å². The Balaban J connectivity index is 0.00000128. The summed E-state index contributed by atoms with van der Waals surface area (Å²) in [6, 6.07) is 0.721. The number of likely N-dealkylation sites (N-methyl/N-ethyl adjacent to an activating group) is 1. The van der Waals surface area contributed by atoms with Gasteiger partial charge in [0.2, 0.25) is 0 Å². The summed E-state index contributed by atoms with van der Waals surface area (Å²) in [6.45, 7) is 5.80. The van der Waals surface area contributed by atoms with Gasteiger partial charge in [0.25, 0.3) is 0 Å². The topological polar surface area (TPSA) is 24.5 Å². The van der Waals surface area contributed by atoms with Crippen molar-refractivity contribution in [2.45, 2.75) is 31.7 Å². The van der Waals surface area contributed by atoms with Crippen LogP contribution < -0.4 is 5.32 Å². The van der Waals surface area contributed by atoms with Gasteiger partial charge in [-0.3, -0.25) is 0 Å². The SMILES string of the molecule is CNC1CCCN(CC2CCOCC2)C1.Cl. The van der Waals surface area contributed by atoms with E-state index in [4.69, 9.17) is 4.74 Å². The molecule has 0 aromatic rings. The molecular formula is C12H25ClN2O. The van der Waals surface area contributed by atoms with E-state index in [2.05, 4.69) is 17.3 Å². The first-order chi connectivity index (χ1) is 7.38. The summed E-state index contributed by atoms with van der Waals surface area (Å²) in [6.07, 6.45) is 5.23. The van der Waals surface area contributed by atoms with Crippen LogP contribution in [0.5, 0.6) is 0 Å². The van der Waals surface area contributed by atoms with Gasteiger partial charge in [-0.1, -0.05) is 0 Å². The Morgan fingerprint density at radius 2 is 2.00 bits per heavy atom. The van der Waals surface area contributed by atoms with Crippen molar-refractivity contribution >= 4 is 12.4 Å². The minimum Gasteiger partial charge on any atom is -0.381 e. The lowest BCUT2D eigenvalue weighted by Crippen LogP contribution is -2.46. The van der Waals surface area contributed by atoms with Crippen molar-refractivity contribution in [3.05, 3.63) is 0 Å². The van der Waals surface area contributed by atoms with E-state index in [-0.39, 0.29) is 12.4 Å². The van der Waals surface area contributed by atoms with Crippen molar-refractivity contribution in [3.8, 4) is 0 Å². The van der Waals surface area contributed by atoms with Gasteiger partial charge in [0.15, 0.2) is 0 Å². The predicted octanol–water partition coefficient (Wildman–Crippen LogP) is 1.52. The van der Waals surface area contributed by atoms with Crippen LogP contribution in [0.25, 0.3) is 0 Å². The average molecular weight is 249 g/mol. The molecule has 3 nitrogen and oxygen atoms in total. The van der Waals surface area contributed by atoms with Gasteiger partial charge in [0.1, 0.15) is 0 Å². The number of rotatable bonds is 3. The second-order valence-electron chi connectivity index (χ2n) is 4.94. The first kappa shape index (κ1) is 14.2. The summed E-state index contributed by atoms with van der Waals surface area (Å²) < 4.78 is 5.40. The molecule has 0 amide bonds. The van der Waals surface area contributed by atoms with E-state index in [1.807, 2.05) is 0 Å². The van der Waals surface area contributed by atoms with Crippen LogP contribution in [0.1, 0.15) is 25.7 Å². The number of hydrogen-bond donors (Lipinski definition) is 1. The fourth-order valence-corrected chi connectivity index (χ4v) is 2.75. The molecule has 2 aliphatic heterocycles. The van der Waals surface area contributed by atoms with Crippen molar-refractivity contribution in [1.29, 1.82) is 0 Å². The minimum absolute atomic E-state index is 0. The molecule has 0 bridgehead atoms.